The van der Waals surface area contributed by atoms with Crippen LogP contribution in [0.4, 0.5) is 5.82 Å². The Morgan fingerprint density at radius 3 is 2.90 bits per heavy atom. The zero-order chi connectivity index (χ0) is 13.9. The highest BCUT2D eigenvalue weighted by atomic mass is 16.3. The lowest BCUT2D eigenvalue weighted by Gasteiger charge is -2.06. The maximum atomic E-state index is 5.55. The van der Waals surface area contributed by atoms with Crippen LogP contribution in [0.15, 0.2) is 41.0 Å². The minimum absolute atomic E-state index is 0.615. The molecule has 0 fully saturated rings. The number of anilines is 1. The molecule has 0 unspecified atom stereocenters. The highest BCUT2D eigenvalue weighted by molar-refractivity contribution is 5.92. The summed E-state index contributed by atoms with van der Waals surface area (Å²) in [5.41, 5.74) is 5.28. The van der Waals surface area contributed by atoms with Crippen LogP contribution in [0.1, 0.15) is 19.0 Å². The predicted molar refractivity (Wildman–Crippen MR) is 79.0 cm³/mol. The Hall–Kier alpha value is -2.40. The quantitative estimate of drug-likeness (QED) is 0.561. The topological polar surface area (TPSA) is 77.0 Å². The number of aromatic nitrogens is 2. The number of rotatable bonds is 4. The van der Waals surface area contributed by atoms with Gasteiger partial charge in [-0.3, -0.25) is 0 Å². The Morgan fingerprint density at radius 2 is 2.10 bits per heavy atom. The molecule has 5 nitrogen and oxygen atoms in total. The number of nitrogens with zero attached hydrogens (tertiary/aromatic N) is 2. The van der Waals surface area contributed by atoms with Gasteiger partial charge in [0.1, 0.15) is 17.7 Å². The van der Waals surface area contributed by atoms with Crippen LogP contribution in [0.3, 0.4) is 0 Å². The standard InChI is InChI=1S/C15H16N4O/c1-2-5-10-8-14(19-16)18-15(17-10)12-9-20-13-7-4-3-6-11(12)13/h3-4,6-9H,2,5,16H2,1H3,(H,17,18,19). The van der Waals surface area contributed by atoms with Gasteiger partial charge < -0.3 is 9.84 Å². The van der Waals surface area contributed by atoms with Crippen LogP contribution in [-0.2, 0) is 6.42 Å². The van der Waals surface area contributed by atoms with Gasteiger partial charge in [-0.1, -0.05) is 31.5 Å². The van der Waals surface area contributed by atoms with E-state index in [0.717, 1.165) is 35.1 Å². The molecular weight excluding hydrogens is 252 g/mol. The van der Waals surface area contributed by atoms with E-state index < -0.39 is 0 Å². The Balaban J connectivity index is 2.15. The van der Waals surface area contributed by atoms with E-state index in [1.54, 1.807) is 6.26 Å². The Kier molecular flexibility index (Phi) is 3.35. The molecule has 20 heavy (non-hydrogen) atoms. The van der Waals surface area contributed by atoms with Crippen molar-refractivity contribution in [2.75, 3.05) is 5.43 Å². The SMILES string of the molecule is CCCc1cc(NN)nc(-c2coc3ccccc23)n1. The number of hydrogen-bond donors (Lipinski definition) is 2. The minimum Gasteiger partial charge on any atom is -0.464 e. The highest BCUT2D eigenvalue weighted by Gasteiger charge is 2.12. The van der Waals surface area contributed by atoms with Crippen molar-refractivity contribution in [2.24, 2.45) is 5.84 Å². The van der Waals surface area contributed by atoms with Crippen molar-refractivity contribution in [3.8, 4) is 11.4 Å². The van der Waals surface area contributed by atoms with Crippen molar-refractivity contribution in [3.63, 3.8) is 0 Å². The van der Waals surface area contributed by atoms with Gasteiger partial charge in [-0.2, -0.15) is 0 Å². The zero-order valence-corrected chi connectivity index (χ0v) is 11.3. The molecule has 0 atom stereocenters. The van der Waals surface area contributed by atoms with Crippen LogP contribution in [0.5, 0.6) is 0 Å². The smallest absolute Gasteiger partial charge is 0.165 e. The number of hydrogen-bond acceptors (Lipinski definition) is 5. The van der Waals surface area contributed by atoms with Crippen LogP contribution in [-0.4, -0.2) is 9.97 Å². The lowest BCUT2D eigenvalue weighted by Crippen LogP contribution is -2.10. The van der Waals surface area contributed by atoms with Crippen molar-refractivity contribution >= 4 is 16.8 Å². The molecule has 102 valence electrons. The van der Waals surface area contributed by atoms with Crippen molar-refractivity contribution in [3.05, 3.63) is 42.3 Å². The molecule has 0 amide bonds. The fraction of sp³-hybridized carbons (Fsp3) is 0.200. The van der Waals surface area contributed by atoms with Crippen molar-refractivity contribution < 1.29 is 4.42 Å². The number of furan rings is 1. The van der Waals surface area contributed by atoms with Gasteiger partial charge in [-0.05, 0) is 12.5 Å². The van der Waals surface area contributed by atoms with Crippen molar-refractivity contribution in [1.29, 1.82) is 0 Å². The predicted octanol–water partition coefficient (Wildman–Crippen LogP) is 3.13. The van der Waals surface area contributed by atoms with E-state index in [-0.39, 0.29) is 0 Å². The van der Waals surface area contributed by atoms with Crippen LogP contribution < -0.4 is 11.3 Å². The number of nitrogens with one attached hydrogen (secondary N) is 1. The maximum absolute atomic E-state index is 5.55. The summed E-state index contributed by atoms with van der Waals surface area (Å²) in [5.74, 6) is 6.73. The van der Waals surface area contributed by atoms with E-state index in [1.165, 1.54) is 0 Å². The lowest BCUT2D eigenvalue weighted by atomic mass is 10.1. The van der Waals surface area contributed by atoms with Crippen LogP contribution in [0.2, 0.25) is 0 Å². The van der Waals surface area contributed by atoms with Gasteiger partial charge in [-0.25, -0.2) is 15.8 Å². The largest absolute Gasteiger partial charge is 0.464 e. The average Bonchev–Trinajstić information content (AvgIpc) is 2.91. The third-order valence-electron chi connectivity index (χ3n) is 3.16. The zero-order valence-electron chi connectivity index (χ0n) is 11.3. The number of hydrazine groups is 1. The number of nitrogen functional groups attached to an aromatic ring is 1. The molecule has 3 N–H and O–H groups in total. The molecular formula is C15H16N4O. The monoisotopic (exact) mass is 268 g/mol. The molecule has 1 aromatic carbocycles. The fourth-order valence-corrected chi connectivity index (χ4v) is 2.23. The van der Waals surface area contributed by atoms with Crippen LogP contribution >= 0.6 is 0 Å². The van der Waals surface area contributed by atoms with Crippen molar-refractivity contribution in [1.82, 2.24) is 9.97 Å². The molecule has 2 heterocycles. The Bertz CT molecular complexity index is 736. The first-order valence-corrected chi connectivity index (χ1v) is 6.63. The van der Waals surface area contributed by atoms with Gasteiger partial charge in [0, 0.05) is 17.1 Å². The fourth-order valence-electron chi connectivity index (χ4n) is 2.23. The molecule has 3 rings (SSSR count). The molecule has 0 radical (unpaired) electrons. The number of para-hydroxylation sites is 1. The molecule has 0 spiro atoms. The Morgan fingerprint density at radius 1 is 1.25 bits per heavy atom. The van der Waals surface area contributed by atoms with Gasteiger partial charge in [0.2, 0.25) is 0 Å². The van der Waals surface area contributed by atoms with E-state index >= 15 is 0 Å². The molecule has 0 aliphatic rings. The molecule has 0 aliphatic carbocycles. The average molecular weight is 268 g/mol. The second kappa shape index (κ2) is 5.30. The van der Waals surface area contributed by atoms with Crippen LogP contribution in [0, 0.1) is 0 Å². The first-order chi connectivity index (χ1) is 9.81. The number of fused-ring (bicyclic) bond motifs is 1. The first kappa shape index (κ1) is 12.6. The summed E-state index contributed by atoms with van der Waals surface area (Å²) in [6.45, 7) is 2.12. The first-order valence-electron chi connectivity index (χ1n) is 6.63. The van der Waals surface area contributed by atoms with E-state index in [2.05, 4.69) is 22.3 Å². The van der Waals surface area contributed by atoms with Gasteiger partial charge >= 0.3 is 0 Å². The number of nitrogens with two attached hydrogens (primary N) is 1. The normalized spacial score (nSPS) is 10.9. The van der Waals surface area contributed by atoms with E-state index in [1.807, 2.05) is 30.3 Å². The summed E-state index contributed by atoms with van der Waals surface area (Å²) in [6.07, 6.45) is 3.60. The maximum Gasteiger partial charge on any atom is 0.165 e. The van der Waals surface area contributed by atoms with E-state index in [4.69, 9.17) is 10.3 Å². The van der Waals surface area contributed by atoms with Gasteiger partial charge in [0.15, 0.2) is 5.82 Å². The number of benzene rings is 1. The second-order valence-electron chi connectivity index (χ2n) is 4.61. The number of aryl methyl sites for hydroxylation is 1. The summed E-state index contributed by atoms with van der Waals surface area (Å²) in [4.78, 5) is 9.02. The summed E-state index contributed by atoms with van der Waals surface area (Å²) in [5, 5.41) is 1.00. The molecule has 0 saturated heterocycles. The summed E-state index contributed by atoms with van der Waals surface area (Å²) in [7, 11) is 0. The molecule has 0 saturated carbocycles. The summed E-state index contributed by atoms with van der Waals surface area (Å²) in [6, 6.07) is 9.71. The molecule has 3 aromatic rings. The van der Waals surface area contributed by atoms with Gasteiger partial charge in [0.05, 0.1) is 5.56 Å². The third-order valence-corrected chi connectivity index (χ3v) is 3.16. The minimum atomic E-state index is 0.615. The Labute approximate surface area is 116 Å². The molecule has 2 aromatic heterocycles. The van der Waals surface area contributed by atoms with E-state index in [0.29, 0.717) is 11.6 Å². The lowest BCUT2D eigenvalue weighted by molar-refractivity contribution is 0.616. The third kappa shape index (κ3) is 2.23. The highest BCUT2D eigenvalue weighted by Crippen LogP contribution is 2.29. The summed E-state index contributed by atoms with van der Waals surface area (Å²) >= 11 is 0. The molecule has 5 heteroatoms. The molecule has 0 aliphatic heterocycles. The van der Waals surface area contributed by atoms with Crippen LogP contribution in [0.25, 0.3) is 22.4 Å². The van der Waals surface area contributed by atoms with Gasteiger partial charge in [-0.15, -0.1) is 0 Å². The van der Waals surface area contributed by atoms with Gasteiger partial charge in [0.25, 0.3) is 0 Å². The summed E-state index contributed by atoms with van der Waals surface area (Å²) < 4.78 is 5.55. The van der Waals surface area contributed by atoms with E-state index in [9.17, 15) is 0 Å². The second-order valence-corrected chi connectivity index (χ2v) is 4.61. The van der Waals surface area contributed by atoms with Crippen molar-refractivity contribution in [2.45, 2.75) is 19.8 Å². The molecule has 0 bridgehead atoms.